The maximum absolute atomic E-state index is 6.28. The van der Waals surface area contributed by atoms with Crippen molar-refractivity contribution in [2.45, 2.75) is 0 Å². The standard InChI is InChI=1S/C13H8BrCl2N3S/c14-8-3-4-20-12(8)11-10(13(17)19-18-11)7-2-1-6(15)5-9(7)16/h1-5H,(H3,17,18,19). The zero-order valence-electron chi connectivity index (χ0n) is 9.95. The van der Waals surface area contributed by atoms with Crippen molar-refractivity contribution >= 4 is 56.3 Å². The monoisotopic (exact) mass is 387 g/mol. The van der Waals surface area contributed by atoms with Gasteiger partial charge in [-0.15, -0.1) is 11.3 Å². The molecule has 20 heavy (non-hydrogen) atoms. The minimum atomic E-state index is 0.407. The highest BCUT2D eigenvalue weighted by Crippen LogP contribution is 2.43. The molecule has 0 spiro atoms. The quantitative estimate of drug-likeness (QED) is 0.612. The third-order valence-corrected chi connectivity index (χ3v) is 5.24. The number of nitrogens with two attached hydrogens (primary N) is 1. The average Bonchev–Trinajstić information content (AvgIpc) is 2.96. The number of anilines is 1. The largest absolute Gasteiger partial charge is 0.382 e. The van der Waals surface area contributed by atoms with Crippen LogP contribution in [0.4, 0.5) is 5.82 Å². The zero-order valence-corrected chi connectivity index (χ0v) is 13.9. The van der Waals surface area contributed by atoms with Gasteiger partial charge in [0.25, 0.3) is 0 Å². The van der Waals surface area contributed by atoms with Gasteiger partial charge in [0.1, 0.15) is 0 Å². The van der Waals surface area contributed by atoms with Gasteiger partial charge in [-0.2, -0.15) is 5.10 Å². The van der Waals surface area contributed by atoms with E-state index in [1.807, 2.05) is 17.5 Å². The predicted octanol–water partition coefficient (Wildman–Crippen LogP) is 5.46. The van der Waals surface area contributed by atoms with Crippen molar-refractivity contribution in [2.75, 3.05) is 5.73 Å². The van der Waals surface area contributed by atoms with Gasteiger partial charge in [-0.3, -0.25) is 5.10 Å². The maximum atomic E-state index is 6.28. The van der Waals surface area contributed by atoms with Crippen molar-refractivity contribution < 1.29 is 0 Å². The highest BCUT2D eigenvalue weighted by molar-refractivity contribution is 9.10. The number of nitrogens with zero attached hydrogens (tertiary/aromatic N) is 1. The Balaban J connectivity index is 2.24. The second kappa shape index (κ2) is 5.41. The first-order valence-electron chi connectivity index (χ1n) is 5.60. The number of benzene rings is 1. The van der Waals surface area contributed by atoms with Gasteiger partial charge in [-0.05, 0) is 39.5 Å². The van der Waals surface area contributed by atoms with E-state index < -0.39 is 0 Å². The Labute approximate surface area is 137 Å². The van der Waals surface area contributed by atoms with E-state index in [9.17, 15) is 0 Å². The van der Waals surface area contributed by atoms with E-state index in [0.717, 1.165) is 26.2 Å². The molecular weight excluding hydrogens is 381 g/mol. The lowest BCUT2D eigenvalue weighted by molar-refractivity contribution is 1.10. The molecule has 0 bridgehead atoms. The summed E-state index contributed by atoms with van der Waals surface area (Å²) in [6.45, 7) is 0. The zero-order chi connectivity index (χ0) is 14.3. The molecule has 0 aliphatic heterocycles. The van der Waals surface area contributed by atoms with Crippen molar-refractivity contribution in [3.63, 3.8) is 0 Å². The fourth-order valence-electron chi connectivity index (χ4n) is 1.96. The predicted molar refractivity (Wildman–Crippen MR) is 89.5 cm³/mol. The van der Waals surface area contributed by atoms with Crippen LogP contribution >= 0.6 is 50.5 Å². The number of rotatable bonds is 2. The van der Waals surface area contributed by atoms with Crippen LogP contribution in [0.3, 0.4) is 0 Å². The number of thiophene rings is 1. The summed E-state index contributed by atoms with van der Waals surface area (Å²) in [5.41, 5.74) is 8.42. The van der Waals surface area contributed by atoms with Crippen LogP contribution in [0.1, 0.15) is 0 Å². The van der Waals surface area contributed by atoms with Gasteiger partial charge in [0.2, 0.25) is 0 Å². The molecule has 3 nitrogen and oxygen atoms in total. The SMILES string of the molecule is Nc1n[nH]c(-c2sccc2Br)c1-c1ccc(Cl)cc1Cl. The van der Waals surface area contributed by atoms with E-state index in [1.165, 1.54) is 0 Å². The Morgan fingerprint density at radius 2 is 2.05 bits per heavy atom. The van der Waals surface area contributed by atoms with Crippen LogP contribution < -0.4 is 5.73 Å². The van der Waals surface area contributed by atoms with Crippen LogP contribution in [0.2, 0.25) is 10.0 Å². The molecule has 102 valence electrons. The molecule has 0 unspecified atom stereocenters. The first-order chi connectivity index (χ1) is 9.58. The Hall–Kier alpha value is -1.01. The summed E-state index contributed by atoms with van der Waals surface area (Å²) in [6.07, 6.45) is 0. The number of hydrogen-bond donors (Lipinski definition) is 2. The Kier molecular flexibility index (Phi) is 3.77. The fourth-order valence-corrected chi connectivity index (χ4v) is 4.03. The van der Waals surface area contributed by atoms with E-state index in [-0.39, 0.29) is 0 Å². The second-order valence-corrected chi connectivity index (χ2v) is 6.69. The first-order valence-corrected chi connectivity index (χ1v) is 8.03. The minimum absolute atomic E-state index is 0.407. The van der Waals surface area contributed by atoms with Crippen molar-refractivity contribution in [1.29, 1.82) is 0 Å². The van der Waals surface area contributed by atoms with Gasteiger partial charge < -0.3 is 5.73 Å². The van der Waals surface area contributed by atoms with E-state index in [1.54, 1.807) is 23.5 Å². The van der Waals surface area contributed by atoms with Gasteiger partial charge in [0, 0.05) is 15.1 Å². The molecule has 0 radical (unpaired) electrons. The molecule has 0 aliphatic rings. The molecule has 1 aromatic carbocycles. The number of aromatic nitrogens is 2. The van der Waals surface area contributed by atoms with Crippen LogP contribution in [0.25, 0.3) is 21.7 Å². The van der Waals surface area contributed by atoms with Gasteiger partial charge in [-0.1, -0.05) is 29.3 Å². The van der Waals surface area contributed by atoms with Crippen molar-refractivity contribution in [3.05, 3.63) is 44.2 Å². The summed E-state index contributed by atoms with van der Waals surface area (Å²) in [5.74, 6) is 0.407. The number of aromatic amines is 1. The van der Waals surface area contributed by atoms with Gasteiger partial charge in [0.05, 0.1) is 21.2 Å². The molecule has 0 aliphatic carbocycles. The van der Waals surface area contributed by atoms with Crippen LogP contribution in [0.5, 0.6) is 0 Å². The average molecular weight is 389 g/mol. The molecular formula is C13H8BrCl2N3S. The molecule has 2 aromatic heterocycles. The fraction of sp³-hybridized carbons (Fsp3) is 0. The molecule has 0 fully saturated rings. The molecule has 3 rings (SSSR count). The maximum Gasteiger partial charge on any atom is 0.153 e. The topological polar surface area (TPSA) is 54.7 Å². The second-order valence-electron chi connectivity index (χ2n) is 4.08. The lowest BCUT2D eigenvalue weighted by Gasteiger charge is -2.06. The highest BCUT2D eigenvalue weighted by atomic mass is 79.9. The smallest absolute Gasteiger partial charge is 0.153 e. The summed E-state index contributed by atoms with van der Waals surface area (Å²) in [5, 5.41) is 10.2. The van der Waals surface area contributed by atoms with E-state index in [2.05, 4.69) is 26.1 Å². The number of halogens is 3. The normalized spacial score (nSPS) is 10.9. The molecule has 3 aromatic rings. The third-order valence-electron chi connectivity index (χ3n) is 2.84. The molecule has 3 N–H and O–H groups in total. The number of hydrogen-bond acceptors (Lipinski definition) is 3. The number of nitrogen functional groups attached to an aromatic ring is 1. The Morgan fingerprint density at radius 1 is 1.25 bits per heavy atom. The van der Waals surface area contributed by atoms with Crippen molar-refractivity contribution in [2.24, 2.45) is 0 Å². The molecule has 7 heteroatoms. The summed E-state index contributed by atoms with van der Waals surface area (Å²) in [4.78, 5) is 1.02. The highest BCUT2D eigenvalue weighted by Gasteiger charge is 2.19. The molecule has 2 heterocycles. The van der Waals surface area contributed by atoms with Crippen LogP contribution in [-0.2, 0) is 0 Å². The summed E-state index contributed by atoms with van der Waals surface area (Å²) in [7, 11) is 0. The van der Waals surface area contributed by atoms with Crippen LogP contribution in [0, 0.1) is 0 Å². The van der Waals surface area contributed by atoms with E-state index >= 15 is 0 Å². The third kappa shape index (κ3) is 2.35. The van der Waals surface area contributed by atoms with Crippen molar-refractivity contribution in [1.82, 2.24) is 10.2 Å². The molecule has 0 amide bonds. The van der Waals surface area contributed by atoms with Gasteiger partial charge in [0.15, 0.2) is 5.82 Å². The Morgan fingerprint density at radius 3 is 2.70 bits per heavy atom. The molecule has 0 saturated heterocycles. The molecule has 0 atom stereocenters. The van der Waals surface area contributed by atoms with E-state index in [0.29, 0.717) is 15.9 Å². The lowest BCUT2D eigenvalue weighted by atomic mass is 10.0. The van der Waals surface area contributed by atoms with Gasteiger partial charge in [-0.25, -0.2) is 0 Å². The molecule has 0 saturated carbocycles. The number of nitrogens with one attached hydrogen (secondary N) is 1. The summed E-state index contributed by atoms with van der Waals surface area (Å²) < 4.78 is 0.984. The van der Waals surface area contributed by atoms with Crippen molar-refractivity contribution in [3.8, 4) is 21.7 Å². The van der Waals surface area contributed by atoms with E-state index in [4.69, 9.17) is 28.9 Å². The van der Waals surface area contributed by atoms with Crippen LogP contribution in [-0.4, -0.2) is 10.2 Å². The first kappa shape index (κ1) is 13.9. The Bertz CT molecular complexity index is 782. The number of H-pyrrole nitrogens is 1. The summed E-state index contributed by atoms with van der Waals surface area (Å²) in [6, 6.07) is 7.29. The lowest BCUT2D eigenvalue weighted by Crippen LogP contribution is -1.89. The van der Waals surface area contributed by atoms with Gasteiger partial charge >= 0.3 is 0 Å². The minimum Gasteiger partial charge on any atom is -0.382 e. The summed E-state index contributed by atoms with van der Waals surface area (Å²) >= 11 is 17.3. The van der Waals surface area contributed by atoms with Crippen LogP contribution in [0.15, 0.2) is 34.1 Å².